The summed E-state index contributed by atoms with van der Waals surface area (Å²) in [4.78, 5) is 29.1. The number of rotatable bonds is 6. The number of Topliss-reactive ketones (excluding diaryl/α,β-unsaturated/α-hetero) is 1. The van der Waals surface area contributed by atoms with Gasteiger partial charge in [0.25, 0.3) is 5.91 Å². The molecule has 164 valence electrons. The van der Waals surface area contributed by atoms with Crippen molar-refractivity contribution in [1.29, 1.82) is 0 Å². The van der Waals surface area contributed by atoms with Gasteiger partial charge >= 0.3 is 0 Å². The number of hydrogen-bond donors (Lipinski definition) is 1. The van der Waals surface area contributed by atoms with Crippen molar-refractivity contribution >= 4 is 40.1 Å². The molecular formula is C26H19NO4S2. The molecule has 1 aliphatic heterocycles. The highest BCUT2D eigenvalue weighted by Crippen LogP contribution is 2.44. The molecule has 1 atom stereocenters. The van der Waals surface area contributed by atoms with Gasteiger partial charge < -0.3 is 9.84 Å². The SMILES string of the molecule is Cc1cccc(Oc2ccc(N3C(=O)C(O)=C(C(=O)c4cccs4)C3c3cccs3)cc2)c1. The van der Waals surface area contributed by atoms with Crippen LogP contribution in [0, 0.1) is 6.92 Å². The zero-order chi connectivity index (χ0) is 22.9. The van der Waals surface area contributed by atoms with E-state index in [9.17, 15) is 14.7 Å². The summed E-state index contributed by atoms with van der Waals surface area (Å²) in [5.41, 5.74) is 1.76. The topological polar surface area (TPSA) is 66.8 Å². The van der Waals surface area contributed by atoms with Crippen LogP contribution in [0.2, 0.25) is 0 Å². The Morgan fingerprint density at radius 2 is 1.70 bits per heavy atom. The quantitative estimate of drug-likeness (QED) is 0.317. The molecule has 5 rings (SSSR count). The molecule has 1 unspecified atom stereocenters. The number of anilines is 1. The number of aliphatic hydroxyl groups is 1. The van der Waals surface area contributed by atoms with Gasteiger partial charge in [0.1, 0.15) is 17.5 Å². The van der Waals surface area contributed by atoms with Crippen LogP contribution in [0.25, 0.3) is 0 Å². The number of thiophene rings is 2. The van der Waals surface area contributed by atoms with Gasteiger partial charge in [0, 0.05) is 10.6 Å². The van der Waals surface area contributed by atoms with Crippen LogP contribution in [0.15, 0.2) is 94.9 Å². The molecule has 3 heterocycles. The second kappa shape index (κ2) is 8.69. The predicted octanol–water partition coefficient (Wildman–Crippen LogP) is 6.69. The molecule has 1 N–H and O–H groups in total. The molecule has 0 fully saturated rings. The van der Waals surface area contributed by atoms with E-state index in [1.54, 1.807) is 41.8 Å². The summed E-state index contributed by atoms with van der Waals surface area (Å²) in [6, 6.07) is 21.3. The molecule has 33 heavy (non-hydrogen) atoms. The van der Waals surface area contributed by atoms with Crippen molar-refractivity contribution in [3.8, 4) is 11.5 Å². The minimum absolute atomic E-state index is 0.102. The summed E-state index contributed by atoms with van der Waals surface area (Å²) in [5, 5.41) is 14.4. The first kappa shape index (κ1) is 21.2. The van der Waals surface area contributed by atoms with Crippen LogP contribution in [-0.2, 0) is 4.79 Å². The minimum Gasteiger partial charge on any atom is -0.503 e. The number of aryl methyl sites for hydroxylation is 1. The summed E-state index contributed by atoms with van der Waals surface area (Å²) in [6.45, 7) is 1.99. The number of ether oxygens (including phenoxy) is 1. The highest BCUT2D eigenvalue weighted by Gasteiger charge is 2.45. The standard InChI is InChI=1S/C26H19NO4S2/c1-16-5-2-6-19(15-16)31-18-11-9-17(10-12-18)27-23(20-7-3-13-32-20)22(25(29)26(27)30)24(28)21-8-4-14-33-21/h2-15,23,29H,1H3. The third-order valence-corrected chi connectivity index (χ3v) is 7.14. The average molecular weight is 474 g/mol. The van der Waals surface area contributed by atoms with E-state index in [0.29, 0.717) is 16.3 Å². The third kappa shape index (κ3) is 3.97. The molecule has 1 aliphatic rings. The second-order valence-corrected chi connectivity index (χ2v) is 9.50. The lowest BCUT2D eigenvalue weighted by Crippen LogP contribution is -2.30. The molecule has 2 aromatic heterocycles. The Labute approximate surface area is 198 Å². The van der Waals surface area contributed by atoms with Crippen molar-refractivity contribution in [3.05, 3.63) is 110 Å². The zero-order valence-corrected chi connectivity index (χ0v) is 19.2. The molecule has 0 bridgehead atoms. The van der Waals surface area contributed by atoms with Gasteiger partial charge in [-0.3, -0.25) is 14.5 Å². The highest BCUT2D eigenvalue weighted by molar-refractivity contribution is 7.12. The van der Waals surface area contributed by atoms with Gasteiger partial charge in [-0.25, -0.2) is 0 Å². The average Bonchev–Trinajstić information content (AvgIpc) is 3.57. The smallest absolute Gasteiger partial charge is 0.294 e. The molecule has 1 amide bonds. The number of carbonyl (C=O) groups is 2. The Bertz CT molecular complexity index is 1340. The van der Waals surface area contributed by atoms with Crippen LogP contribution in [-0.4, -0.2) is 16.8 Å². The third-order valence-electron chi connectivity index (χ3n) is 5.35. The molecule has 4 aromatic rings. The second-order valence-electron chi connectivity index (χ2n) is 7.57. The summed E-state index contributed by atoms with van der Waals surface area (Å²) in [7, 11) is 0. The molecule has 0 spiro atoms. The van der Waals surface area contributed by atoms with E-state index in [2.05, 4.69) is 0 Å². The first-order valence-electron chi connectivity index (χ1n) is 10.3. The Morgan fingerprint density at radius 3 is 2.36 bits per heavy atom. The summed E-state index contributed by atoms with van der Waals surface area (Å²) >= 11 is 2.72. The van der Waals surface area contributed by atoms with Gasteiger partial charge in [0.2, 0.25) is 5.78 Å². The van der Waals surface area contributed by atoms with Gasteiger partial charge in [-0.15, -0.1) is 22.7 Å². The van der Waals surface area contributed by atoms with Crippen LogP contribution in [0.5, 0.6) is 11.5 Å². The molecular weight excluding hydrogens is 454 g/mol. The van der Waals surface area contributed by atoms with Crippen LogP contribution in [0.4, 0.5) is 5.69 Å². The molecule has 7 heteroatoms. The first-order chi connectivity index (χ1) is 16.0. The van der Waals surface area contributed by atoms with E-state index >= 15 is 0 Å². The van der Waals surface area contributed by atoms with Gasteiger partial charge in [0.15, 0.2) is 5.76 Å². The fourth-order valence-electron chi connectivity index (χ4n) is 3.85. The lowest BCUT2D eigenvalue weighted by Gasteiger charge is -2.25. The summed E-state index contributed by atoms with van der Waals surface area (Å²) in [5.74, 6) is -0.0981. The van der Waals surface area contributed by atoms with Gasteiger partial charge in [-0.2, -0.15) is 0 Å². The number of aliphatic hydroxyl groups excluding tert-OH is 1. The fraction of sp³-hybridized carbons (Fsp3) is 0.0769. The molecule has 0 aliphatic carbocycles. The molecule has 5 nitrogen and oxygen atoms in total. The maximum atomic E-state index is 13.2. The van der Waals surface area contributed by atoms with Crippen molar-refractivity contribution in [2.24, 2.45) is 0 Å². The van der Waals surface area contributed by atoms with Crippen molar-refractivity contribution in [2.75, 3.05) is 4.90 Å². The van der Waals surface area contributed by atoms with E-state index in [1.165, 1.54) is 27.6 Å². The fourth-order valence-corrected chi connectivity index (χ4v) is 5.35. The molecule has 0 saturated heterocycles. The highest BCUT2D eigenvalue weighted by atomic mass is 32.1. The summed E-state index contributed by atoms with van der Waals surface area (Å²) in [6.07, 6.45) is 0. The van der Waals surface area contributed by atoms with Crippen molar-refractivity contribution in [1.82, 2.24) is 0 Å². The lowest BCUT2D eigenvalue weighted by atomic mass is 10.0. The lowest BCUT2D eigenvalue weighted by molar-refractivity contribution is -0.117. The van der Waals surface area contributed by atoms with E-state index in [1.807, 2.05) is 48.7 Å². The van der Waals surface area contributed by atoms with E-state index in [-0.39, 0.29) is 11.4 Å². The van der Waals surface area contributed by atoms with Crippen molar-refractivity contribution < 1.29 is 19.4 Å². The Hall–Kier alpha value is -3.68. The van der Waals surface area contributed by atoms with Crippen molar-refractivity contribution in [3.63, 3.8) is 0 Å². The number of hydrogen-bond acceptors (Lipinski definition) is 6. The number of nitrogens with zero attached hydrogens (tertiary/aromatic N) is 1. The van der Waals surface area contributed by atoms with Crippen LogP contribution >= 0.6 is 22.7 Å². The number of amides is 1. The maximum absolute atomic E-state index is 13.2. The number of benzene rings is 2. The minimum atomic E-state index is -0.698. The van der Waals surface area contributed by atoms with Crippen LogP contribution in [0.1, 0.15) is 26.2 Å². The Balaban J connectivity index is 1.49. The van der Waals surface area contributed by atoms with Crippen molar-refractivity contribution in [2.45, 2.75) is 13.0 Å². The molecule has 0 saturated carbocycles. The van der Waals surface area contributed by atoms with Gasteiger partial charge in [-0.1, -0.05) is 24.3 Å². The number of ketones is 1. The van der Waals surface area contributed by atoms with Gasteiger partial charge in [-0.05, 0) is 71.8 Å². The Morgan fingerprint density at radius 1 is 0.939 bits per heavy atom. The van der Waals surface area contributed by atoms with Crippen LogP contribution < -0.4 is 9.64 Å². The molecule has 0 radical (unpaired) electrons. The van der Waals surface area contributed by atoms with Gasteiger partial charge in [0.05, 0.1) is 10.5 Å². The normalized spacial score (nSPS) is 15.8. The van der Waals surface area contributed by atoms with E-state index in [0.717, 1.165) is 16.2 Å². The zero-order valence-electron chi connectivity index (χ0n) is 17.6. The number of carbonyl (C=O) groups excluding carboxylic acids is 2. The van der Waals surface area contributed by atoms with Crippen LogP contribution in [0.3, 0.4) is 0 Å². The van der Waals surface area contributed by atoms with E-state index < -0.39 is 17.7 Å². The monoisotopic (exact) mass is 473 g/mol. The maximum Gasteiger partial charge on any atom is 0.294 e. The first-order valence-corrected chi connectivity index (χ1v) is 12.0. The largest absolute Gasteiger partial charge is 0.503 e. The Kier molecular flexibility index (Phi) is 5.58. The molecule has 2 aromatic carbocycles. The predicted molar refractivity (Wildman–Crippen MR) is 131 cm³/mol. The summed E-state index contributed by atoms with van der Waals surface area (Å²) < 4.78 is 5.92. The van der Waals surface area contributed by atoms with E-state index in [4.69, 9.17) is 4.74 Å².